The molecular weight excluding hydrogens is 236 g/mol. The zero-order chi connectivity index (χ0) is 12.9. The van der Waals surface area contributed by atoms with Crippen LogP contribution in [-0.4, -0.2) is 56.1 Å². The molecule has 0 bridgehead atoms. The van der Waals surface area contributed by atoms with Gasteiger partial charge >= 0.3 is 12.0 Å². The largest absolute Gasteiger partial charge is 0.443 e. The van der Waals surface area contributed by atoms with Gasteiger partial charge in [-0.1, -0.05) is 0 Å². The Morgan fingerprint density at radius 2 is 2.12 bits per heavy atom. The number of alkyl halides is 2. The number of nitrogens with zero attached hydrogens (tertiary/aromatic N) is 1. The zero-order valence-corrected chi connectivity index (χ0v) is 9.95. The van der Waals surface area contributed by atoms with Gasteiger partial charge in [-0.3, -0.25) is 0 Å². The van der Waals surface area contributed by atoms with Crippen molar-refractivity contribution in [1.82, 2.24) is 4.90 Å². The van der Waals surface area contributed by atoms with Crippen LogP contribution >= 0.6 is 0 Å². The van der Waals surface area contributed by atoms with Gasteiger partial charge in [0, 0.05) is 13.1 Å². The molecule has 1 unspecified atom stereocenters. The van der Waals surface area contributed by atoms with Crippen molar-refractivity contribution < 1.29 is 27.8 Å². The molecule has 5 nitrogen and oxygen atoms in total. The van der Waals surface area contributed by atoms with E-state index in [1.54, 1.807) is 13.8 Å². The Morgan fingerprint density at radius 3 is 2.59 bits per heavy atom. The van der Waals surface area contributed by atoms with Gasteiger partial charge in [0.25, 0.3) is 0 Å². The first-order chi connectivity index (χ1) is 8.01. The standard InChI is InChI=1S/C10H17F2NO4/c1-3-13(4-2)9(14)16-6-10(11,12)8-5-15-7-17-8/h8H,3-7H2,1-2H3. The quantitative estimate of drug-likeness (QED) is 0.744. The molecule has 1 rings (SSSR count). The van der Waals surface area contributed by atoms with Crippen LogP contribution in [0.5, 0.6) is 0 Å². The molecule has 100 valence electrons. The molecule has 1 amide bonds. The van der Waals surface area contributed by atoms with Crippen molar-refractivity contribution in [2.75, 3.05) is 33.1 Å². The fraction of sp³-hybridized carbons (Fsp3) is 0.900. The third kappa shape index (κ3) is 3.78. The van der Waals surface area contributed by atoms with Crippen LogP contribution < -0.4 is 0 Å². The van der Waals surface area contributed by atoms with Crippen LogP contribution in [0.3, 0.4) is 0 Å². The number of carbonyl (C=O) groups is 1. The van der Waals surface area contributed by atoms with Crippen molar-refractivity contribution in [1.29, 1.82) is 0 Å². The van der Waals surface area contributed by atoms with Gasteiger partial charge in [-0.05, 0) is 13.8 Å². The second-order valence-electron chi connectivity index (χ2n) is 3.63. The molecular formula is C10H17F2NO4. The third-order valence-corrected chi connectivity index (χ3v) is 2.50. The fourth-order valence-electron chi connectivity index (χ4n) is 1.40. The summed E-state index contributed by atoms with van der Waals surface area (Å²) in [5.41, 5.74) is 0. The van der Waals surface area contributed by atoms with E-state index < -0.39 is 24.7 Å². The number of rotatable bonds is 5. The molecule has 1 aliphatic rings. The van der Waals surface area contributed by atoms with Gasteiger partial charge in [0.05, 0.1) is 6.61 Å². The molecule has 17 heavy (non-hydrogen) atoms. The molecule has 0 spiro atoms. The highest BCUT2D eigenvalue weighted by molar-refractivity contribution is 5.67. The second-order valence-corrected chi connectivity index (χ2v) is 3.63. The van der Waals surface area contributed by atoms with E-state index in [0.29, 0.717) is 13.1 Å². The lowest BCUT2D eigenvalue weighted by atomic mass is 10.2. The molecule has 0 radical (unpaired) electrons. The third-order valence-electron chi connectivity index (χ3n) is 2.50. The van der Waals surface area contributed by atoms with Crippen LogP contribution in [-0.2, 0) is 14.2 Å². The van der Waals surface area contributed by atoms with Crippen LogP contribution in [0.1, 0.15) is 13.8 Å². The SMILES string of the molecule is CCN(CC)C(=O)OCC(F)(F)C1COCO1. The summed E-state index contributed by atoms with van der Waals surface area (Å²) in [5.74, 6) is -3.22. The van der Waals surface area contributed by atoms with Gasteiger partial charge in [-0.15, -0.1) is 0 Å². The first-order valence-electron chi connectivity index (χ1n) is 5.50. The van der Waals surface area contributed by atoms with Crippen LogP contribution in [0.4, 0.5) is 13.6 Å². The van der Waals surface area contributed by atoms with Crippen LogP contribution in [0.25, 0.3) is 0 Å². The maximum atomic E-state index is 13.5. The number of ether oxygens (including phenoxy) is 3. The zero-order valence-electron chi connectivity index (χ0n) is 9.95. The molecule has 0 saturated carbocycles. The monoisotopic (exact) mass is 253 g/mol. The number of carbonyl (C=O) groups excluding carboxylic acids is 1. The summed E-state index contributed by atoms with van der Waals surface area (Å²) in [5, 5.41) is 0. The normalized spacial score (nSPS) is 20.4. The lowest BCUT2D eigenvalue weighted by molar-refractivity contribution is -0.140. The topological polar surface area (TPSA) is 48.0 Å². The van der Waals surface area contributed by atoms with E-state index in [9.17, 15) is 13.6 Å². The van der Waals surface area contributed by atoms with Crippen molar-refractivity contribution in [3.05, 3.63) is 0 Å². The maximum Gasteiger partial charge on any atom is 0.409 e. The summed E-state index contributed by atoms with van der Waals surface area (Å²) in [6.45, 7) is 3.01. The van der Waals surface area contributed by atoms with Gasteiger partial charge in [0.15, 0.2) is 12.7 Å². The van der Waals surface area contributed by atoms with Gasteiger partial charge in [0.2, 0.25) is 0 Å². The highest BCUT2D eigenvalue weighted by atomic mass is 19.3. The Bertz CT molecular complexity index is 253. The van der Waals surface area contributed by atoms with Crippen molar-refractivity contribution in [2.24, 2.45) is 0 Å². The number of halogens is 2. The van der Waals surface area contributed by atoms with E-state index in [4.69, 9.17) is 0 Å². The fourth-order valence-corrected chi connectivity index (χ4v) is 1.40. The summed E-state index contributed by atoms with van der Waals surface area (Å²) in [6, 6.07) is 0. The molecule has 1 heterocycles. The summed E-state index contributed by atoms with van der Waals surface area (Å²) in [6.07, 6.45) is -2.08. The van der Waals surface area contributed by atoms with Crippen LogP contribution in [0, 0.1) is 0 Å². The molecule has 0 aromatic rings. The summed E-state index contributed by atoms with van der Waals surface area (Å²) in [4.78, 5) is 12.7. The van der Waals surface area contributed by atoms with Crippen molar-refractivity contribution >= 4 is 6.09 Å². The van der Waals surface area contributed by atoms with Gasteiger partial charge < -0.3 is 19.1 Å². The molecule has 1 saturated heterocycles. The average Bonchev–Trinajstić information content (AvgIpc) is 2.82. The Morgan fingerprint density at radius 1 is 1.47 bits per heavy atom. The molecule has 1 aliphatic heterocycles. The van der Waals surface area contributed by atoms with E-state index in [2.05, 4.69) is 14.2 Å². The maximum absolute atomic E-state index is 13.5. The van der Waals surface area contributed by atoms with Gasteiger partial charge in [0.1, 0.15) is 6.79 Å². The van der Waals surface area contributed by atoms with Gasteiger partial charge in [-0.25, -0.2) is 4.79 Å². The first-order valence-corrected chi connectivity index (χ1v) is 5.50. The van der Waals surface area contributed by atoms with E-state index in [1.807, 2.05) is 0 Å². The molecule has 0 aromatic heterocycles. The molecule has 1 fully saturated rings. The number of amides is 1. The summed E-state index contributed by atoms with van der Waals surface area (Å²) in [7, 11) is 0. The molecule has 0 N–H and O–H groups in total. The highest BCUT2D eigenvalue weighted by Gasteiger charge is 2.44. The predicted molar refractivity (Wildman–Crippen MR) is 54.9 cm³/mol. The summed E-state index contributed by atoms with van der Waals surface area (Å²) < 4.78 is 40.9. The minimum atomic E-state index is -3.22. The molecule has 1 atom stereocenters. The predicted octanol–water partition coefficient (Wildman–Crippen LogP) is 1.47. The molecule has 0 aromatic carbocycles. The summed E-state index contributed by atoms with van der Waals surface area (Å²) >= 11 is 0. The van der Waals surface area contributed by atoms with Crippen molar-refractivity contribution in [3.63, 3.8) is 0 Å². The minimum absolute atomic E-state index is 0.149. The van der Waals surface area contributed by atoms with Crippen LogP contribution in [0.15, 0.2) is 0 Å². The van der Waals surface area contributed by atoms with E-state index in [1.165, 1.54) is 4.90 Å². The Hall–Kier alpha value is -0.950. The minimum Gasteiger partial charge on any atom is -0.443 e. The second kappa shape index (κ2) is 6.11. The lowest BCUT2D eigenvalue weighted by Gasteiger charge is -2.23. The van der Waals surface area contributed by atoms with E-state index in [-0.39, 0.29) is 13.4 Å². The number of hydrogen-bond acceptors (Lipinski definition) is 4. The first kappa shape index (κ1) is 14.1. The molecule has 7 heteroatoms. The lowest BCUT2D eigenvalue weighted by Crippen LogP contribution is -2.42. The molecule has 0 aliphatic carbocycles. The Balaban J connectivity index is 2.40. The van der Waals surface area contributed by atoms with E-state index >= 15 is 0 Å². The number of hydrogen-bond donors (Lipinski definition) is 0. The highest BCUT2D eigenvalue weighted by Crippen LogP contribution is 2.25. The van der Waals surface area contributed by atoms with Crippen LogP contribution in [0.2, 0.25) is 0 Å². The van der Waals surface area contributed by atoms with Gasteiger partial charge in [-0.2, -0.15) is 8.78 Å². The van der Waals surface area contributed by atoms with E-state index in [0.717, 1.165) is 0 Å². The van der Waals surface area contributed by atoms with Crippen molar-refractivity contribution in [3.8, 4) is 0 Å². The average molecular weight is 253 g/mol. The smallest absolute Gasteiger partial charge is 0.409 e. The Labute approximate surface area is 98.6 Å². The Kier molecular flexibility index (Phi) is 5.07. The van der Waals surface area contributed by atoms with Crippen molar-refractivity contribution in [2.45, 2.75) is 25.9 Å².